The lowest BCUT2D eigenvalue weighted by molar-refractivity contribution is -0.150. The first-order valence-corrected chi connectivity index (χ1v) is 21.9. The molecule has 11 nitrogen and oxygen atoms in total. The summed E-state index contributed by atoms with van der Waals surface area (Å²) in [6, 6.07) is 15.4. The van der Waals surface area contributed by atoms with E-state index < -0.39 is 34.9 Å². The smallest absolute Gasteiger partial charge is 0.339 e. The zero-order valence-corrected chi connectivity index (χ0v) is 37.2. The van der Waals surface area contributed by atoms with Gasteiger partial charge in [0.1, 0.15) is 39.8 Å². The van der Waals surface area contributed by atoms with E-state index in [0.29, 0.717) is 46.6 Å². The van der Waals surface area contributed by atoms with Gasteiger partial charge >= 0.3 is 17.9 Å². The van der Waals surface area contributed by atoms with Crippen molar-refractivity contribution in [2.75, 3.05) is 13.2 Å². The Bertz CT molecular complexity index is 2390. The monoisotopic (exact) mass is 908 g/mol. The standard InChI is InChI=1S/C24H25ClFNO4.C12H13ClO3.C12H14FNO2/c1-3-30-23(29)24(12-15-7-8-18(26)10-16(15)13-24)27-22(28)20-11-17(25)9-14(2)21(20)31-19-5-4-6-19;1-7-5-8(13)6-10(12(14)15)11(7)16-9-3-2-4-9;1-2-16-11(15)12(14)6-8-3-4-10(13)5-9(8)7-12/h7-11,19H,3-6,12-13H2,1-2H3,(H,27,28);5-6,9H,2-4H2,1H3,(H,14,15);3-5H,2,6-7,14H2,1H3. The highest BCUT2D eigenvalue weighted by atomic mass is 35.5. The van der Waals surface area contributed by atoms with Gasteiger partial charge in [-0.15, -0.1) is 0 Å². The molecule has 0 aromatic heterocycles. The number of amides is 1. The number of esters is 2. The fourth-order valence-corrected chi connectivity index (χ4v) is 8.53. The number of aryl methyl sites for hydroxylation is 2. The van der Waals surface area contributed by atoms with Gasteiger partial charge < -0.3 is 35.1 Å². The highest BCUT2D eigenvalue weighted by Crippen LogP contribution is 2.37. The highest BCUT2D eigenvalue weighted by molar-refractivity contribution is 6.31. The molecule has 2 saturated carbocycles. The molecule has 0 bridgehead atoms. The molecule has 0 aliphatic heterocycles. The van der Waals surface area contributed by atoms with Crippen LogP contribution >= 0.6 is 23.2 Å². The van der Waals surface area contributed by atoms with Crippen LogP contribution in [0.3, 0.4) is 0 Å². The molecule has 15 heteroatoms. The third-order valence-electron chi connectivity index (χ3n) is 11.7. The summed E-state index contributed by atoms with van der Waals surface area (Å²) in [6.45, 7) is 7.58. The van der Waals surface area contributed by atoms with E-state index in [-0.39, 0.29) is 54.4 Å². The molecule has 4 aromatic carbocycles. The lowest BCUT2D eigenvalue weighted by Crippen LogP contribution is -2.56. The Morgan fingerprint density at radius 2 is 1.13 bits per heavy atom. The average molecular weight is 910 g/mol. The molecule has 4 aromatic rings. The summed E-state index contributed by atoms with van der Waals surface area (Å²) < 4.78 is 48.8. The number of nitrogens with two attached hydrogens (primary N) is 1. The van der Waals surface area contributed by atoms with Crippen molar-refractivity contribution in [1.82, 2.24) is 5.32 Å². The molecule has 0 radical (unpaired) electrons. The number of hydrogen-bond acceptors (Lipinski definition) is 9. The molecule has 4 aliphatic rings. The van der Waals surface area contributed by atoms with E-state index >= 15 is 0 Å². The van der Waals surface area contributed by atoms with Gasteiger partial charge in [-0.3, -0.25) is 9.59 Å². The van der Waals surface area contributed by atoms with Crippen LogP contribution in [0.2, 0.25) is 10.0 Å². The highest BCUT2D eigenvalue weighted by Gasteiger charge is 2.47. The number of carbonyl (C=O) groups is 4. The first-order valence-electron chi connectivity index (χ1n) is 21.1. The topological polar surface area (TPSA) is 163 Å². The maximum atomic E-state index is 13.8. The lowest BCUT2D eigenvalue weighted by atomic mass is 9.94. The lowest BCUT2D eigenvalue weighted by Gasteiger charge is -2.30. The molecule has 2 fully saturated rings. The van der Waals surface area contributed by atoms with Gasteiger partial charge in [0.25, 0.3) is 5.91 Å². The first-order chi connectivity index (χ1) is 29.9. The van der Waals surface area contributed by atoms with Crippen LogP contribution in [0.25, 0.3) is 0 Å². The minimum Gasteiger partial charge on any atom is -0.489 e. The van der Waals surface area contributed by atoms with E-state index in [9.17, 15) is 28.0 Å². The first kappa shape index (κ1) is 47.2. The van der Waals surface area contributed by atoms with Crippen LogP contribution < -0.4 is 20.5 Å². The van der Waals surface area contributed by atoms with E-state index in [2.05, 4.69) is 5.32 Å². The van der Waals surface area contributed by atoms with Crippen molar-refractivity contribution >= 4 is 47.0 Å². The van der Waals surface area contributed by atoms with Crippen molar-refractivity contribution in [3.63, 3.8) is 0 Å². The van der Waals surface area contributed by atoms with Crippen molar-refractivity contribution < 1.29 is 52.0 Å². The zero-order valence-electron chi connectivity index (χ0n) is 35.7. The summed E-state index contributed by atoms with van der Waals surface area (Å²) in [5, 5.41) is 12.8. The van der Waals surface area contributed by atoms with Crippen molar-refractivity contribution in [2.45, 2.75) is 115 Å². The molecular weight excluding hydrogens is 857 g/mol. The molecule has 0 saturated heterocycles. The number of carboxylic acids is 1. The number of aromatic carboxylic acids is 1. The van der Waals surface area contributed by atoms with Crippen molar-refractivity contribution in [3.8, 4) is 11.5 Å². The third-order valence-corrected chi connectivity index (χ3v) is 12.1. The maximum absolute atomic E-state index is 13.8. The molecule has 2 atom stereocenters. The second-order valence-corrected chi connectivity index (χ2v) is 17.4. The molecule has 1 amide bonds. The number of carbonyl (C=O) groups excluding carboxylic acids is 3. The van der Waals surface area contributed by atoms with Gasteiger partial charge in [-0.25, -0.2) is 18.4 Å². The van der Waals surface area contributed by atoms with Gasteiger partial charge in [0, 0.05) is 35.7 Å². The quantitative estimate of drug-likeness (QED) is 0.124. The Morgan fingerprint density at radius 1 is 0.683 bits per heavy atom. The molecule has 2 unspecified atom stereocenters. The van der Waals surface area contributed by atoms with Crippen molar-refractivity contribution in [3.05, 3.63) is 127 Å². The van der Waals surface area contributed by atoms with Crippen molar-refractivity contribution in [1.29, 1.82) is 0 Å². The van der Waals surface area contributed by atoms with Crippen LogP contribution in [0.15, 0.2) is 60.7 Å². The number of nitrogens with one attached hydrogen (secondary N) is 1. The largest absolute Gasteiger partial charge is 0.489 e. The summed E-state index contributed by atoms with van der Waals surface area (Å²) in [7, 11) is 0. The van der Waals surface area contributed by atoms with Crippen LogP contribution in [0, 0.1) is 25.5 Å². The number of halogens is 4. The molecule has 8 rings (SSSR count). The summed E-state index contributed by atoms with van der Waals surface area (Å²) in [6.07, 6.45) is 7.52. The molecule has 4 N–H and O–H groups in total. The SMILES string of the molecule is CCOC(=O)C1(N)Cc2ccc(F)cc2C1.CCOC(=O)C1(NC(=O)c2cc(Cl)cc(C)c2OC2CCC2)Cc2ccc(F)cc2C1.Cc1cc(Cl)cc(C(=O)O)c1OC1CCC1. The summed E-state index contributed by atoms with van der Waals surface area (Å²) in [4.78, 5) is 49.1. The number of carboxylic acid groups (broad SMARTS) is 1. The number of rotatable bonds is 11. The summed E-state index contributed by atoms with van der Waals surface area (Å²) in [5.41, 5.74) is 8.84. The number of hydrogen-bond donors (Lipinski definition) is 3. The molecular formula is C48H52Cl2F2N2O9. The van der Waals surface area contributed by atoms with Crippen LogP contribution in [0.4, 0.5) is 8.78 Å². The summed E-state index contributed by atoms with van der Waals surface area (Å²) >= 11 is 12.1. The zero-order chi connectivity index (χ0) is 45.6. The van der Waals surface area contributed by atoms with Crippen LogP contribution in [-0.4, -0.2) is 65.4 Å². The molecule has 63 heavy (non-hydrogen) atoms. The van der Waals surface area contributed by atoms with Crippen LogP contribution in [0.1, 0.15) is 106 Å². The van der Waals surface area contributed by atoms with Gasteiger partial charge in [-0.1, -0.05) is 35.3 Å². The van der Waals surface area contributed by atoms with Gasteiger partial charge in [0.05, 0.1) is 31.0 Å². The fraction of sp³-hybridized carbons (Fsp3) is 0.417. The molecule has 4 aliphatic carbocycles. The van der Waals surface area contributed by atoms with E-state index in [1.807, 2.05) is 13.8 Å². The Labute approximate surface area is 375 Å². The Balaban J connectivity index is 0.000000173. The molecule has 0 spiro atoms. The Kier molecular flexibility index (Phi) is 15.1. The molecule has 0 heterocycles. The second kappa shape index (κ2) is 20.1. The van der Waals surface area contributed by atoms with Gasteiger partial charge in [0.2, 0.25) is 0 Å². The van der Waals surface area contributed by atoms with Gasteiger partial charge in [-0.05, 0) is 148 Å². The minimum absolute atomic E-state index is 0.0733. The van der Waals surface area contributed by atoms with E-state index in [0.717, 1.165) is 66.3 Å². The normalized spacial score (nSPS) is 19.6. The van der Waals surface area contributed by atoms with Crippen LogP contribution in [0.5, 0.6) is 11.5 Å². The van der Waals surface area contributed by atoms with Crippen LogP contribution in [-0.2, 0) is 44.7 Å². The third kappa shape index (κ3) is 11.1. The van der Waals surface area contributed by atoms with E-state index in [1.165, 1.54) is 30.3 Å². The number of ether oxygens (including phenoxy) is 4. The Morgan fingerprint density at radius 3 is 1.62 bits per heavy atom. The fourth-order valence-electron chi connectivity index (χ4n) is 7.99. The maximum Gasteiger partial charge on any atom is 0.339 e. The number of fused-ring (bicyclic) bond motifs is 2. The van der Waals surface area contributed by atoms with E-state index in [4.69, 9.17) is 53.0 Å². The van der Waals surface area contributed by atoms with Crippen molar-refractivity contribution in [2.24, 2.45) is 5.73 Å². The molecule has 336 valence electrons. The Hall–Kier alpha value is -5.24. The minimum atomic E-state index is -1.31. The average Bonchev–Trinajstić information content (AvgIpc) is 3.73. The van der Waals surface area contributed by atoms with E-state index in [1.54, 1.807) is 44.2 Å². The van der Waals surface area contributed by atoms with Gasteiger partial charge in [0.15, 0.2) is 0 Å². The second-order valence-electron chi connectivity index (χ2n) is 16.5. The number of benzene rings is 4. The summed E-state index contributed by atoms with van der Waals surface area (Å²) in [5.74, 6) is -2.17. The predicted molar refractivity (Wildman–Crippen MR) is 234 cm³/mol. The van der Waals surface area contributed by atoms with Gasteiger partial charge in [-0.2, -0.15) is 0 Å². The predicted octanol–water partition coefficient (Wildman–Crippen LogP) is 9.01.